The zero-order valence-corrected chi connectivity index (χ0v) is 16.0. The highest BCUT2D eigenvalue weighted by Gasteiger charge is 2.21. The van der Waals surface area contributed by atoms with E-state index in [2.05, 4.69) is 9.82 Å². The predicted octanol–water partition coefficient (Wildman–Crippen LogP) is 4.33. The lowest BCUT2D eigenvalue weighted by atomic mass is 10.3. The van der Waals surface area contributed by atoms with Crippen LogP contribution in [0, 0.1) is 6.92 Å². The quantitative estimate of drug-likeness (QED) is 0.700. The molecule has 0 atom stereocenters. The second-order valence-corrected chi connectivity index (χ2v) is 8.61. The molecule has 8 heteroatoms. The van der Waals surface area contributed by atoms with Crippen LogP contribution in [0.5, 0.6) is 0 Å². The van der Waals surface area contributed by atoms with Gasteiger partial charge in [0.1, 0.15) is 4.90 Å². The maximum Gasteiger partial charge on any atom is 0.265 e. The molecule has 0 amide bonds. The first kappa shape index (κ1) is 17.8. The van der Waals surface area contributed by atoms with Gasteiger partial charge in [0.05, 0.1) is 11.4 Å². The molecule has 0 aliphatic carbocycles. The standard InChI is InChI=1S/C17H16ClN3O2S2/c1-12-17(11-21(2)19-12)25(22,23)20-15-5-3-4-6-16(15)24-14-9-7-13(18)8-10-14/h3-11,20H,1-2H3. The summed E-state index contributed by atoms with van der Waals surface area (Å²) in [6.07, 6.45) is 1.49. The van der Waals surface area contributed by atoms with Gasteiger partial charge in [0.2, 0.25) is 0 Å². The molecule has 25 heavy (non-hydrogen) atoms. The fourth-order valence-electron chi connectivity index (χ4n) is 2.31. The predicted molar refractivity (Wildman–Crippen MR) is 101 cm³/mol. The van der Waals surface area contributed by atoms with Gasteiger partial charge in [-0.3, -0.25) is 9.40 Å². The van der Waals surface area contributed by atoms with E-state index in [1.165, 1.54) is 22.6 Å². The minimum atomic E-state index is -3.71. The normalized spacial score (nSPS) is 11.5. The number of sulfonamides is 1. The molecule has 0 fully saturated rings. The summed E-state index contributed by atoms with van der Waals surface area (Å²) in [5.74, 6) is 0. The van der Waals surface area contributed by atoms with E-state index in [-0.39, 0.29) is 4.90 Å². The van der Waals surface area contributed by atoms with E-state index in [0.29, 0.717) is 16.4 Å². The molecule has 0 aliphatic rings. The molecule has 1 heterocycles. The summed E-state index contributed by atoms with van der Waals surface area (Å²) in [4.78, 5) is 1.94. The van der Waals surface area contributed by atoms with Crippen LogP contribution in [0.3, 0.4) is 0 Å². The van der Waals surface area contributed by atoms with Crippen LogP contribution in [0.1, 0.15) is 5.69 Å². The first-order valence-electron chi connectivity index (χ1n) is 7.41. The Labute approximate surface area is 156 Å². The minimum Gasteiger partial charge on any atom is -0.278 e. The Hall–Kier alpha value is -1.96. The van der Waals surface area contributed by atoms with Gasteiger partial charge in [-0.2, -0.15) is 5.10 Å². The number of anilines is 1. The van der Waals surface area contributed by atoms with Crippen molar-refractivity contribution in [2.45, 2.75) is 21.6 Å². The fourth-order valence-corrected chi connectivity index (χ4v) is 4.70. The van der Waals surface area contributed by atoms with Crippen molar-refractivity contribution < 1.29 is 8.42 Å². The SMILES string of the molecule is Cc1nn(C)cc1S(=O)(=O)Nc1ccccc1Sc1ccc(Cl)cc1. The number of aryl methyl sites for hydroxylation is 2. The topological polar surface area (TPSA) is 64.0 Å². The first-order valence-corrected chi connectivity index (χ1v) is 10.1. The zero-order chi connectivity index (χ0) is 18.0. The lowest BCUT2D eigenvalue weighted by Gasteiger charge is -2.12. The smallest absolute Gasteiger partial charge is 0.265 e. The summed E-state index contributed by atoms with van der Waals surface area (Å²) in [6.45, 7) is 1.67. The number of nitrogens with one attached hydrogen (secondary N) is 1. The van der Waals surface area contributed by atoms with Crippen molar-refractivity contribution in [3.8, 4) is 0 Å². The van der Waals surface area contributed by atoms with Crippen molar-refractivity contribution >= 4 is 39.1 Å². The summed E-state index contributed by atoms with van der Waals surface area (Å²) in [5, 5.41) is 4.75. The Morgan fingerprint density at radius 1 is 1.12 bits per heavy atom. The van der Waals surface area contributed by atoms with Crippen LogP contribution in [0.15, 0.2) is 69.4 Å². The third-order valence-electron chi connectivity index (χ3n) is 3.43. The van der Waals surface area contributed by atoms with Crippen molar-refractivity contribution in [2.75, 3.05) is 4.72 Å². The van der Waals surface area contributed by atoms with E-state index in [4.69, 9.17) is 11.6 Å². The molecule has 0 bridgehead atoms. The summed E-state index contributed by atoms with van der Waals surface area (Å²) in [5.41, 5.74) is 0.975. The number of aromatic nitrogens is 2. The molecule has 130 valence electrons. The average molecular weight is 394 g/mol. The van der Waals surface area contributed by atoms with E-state index in [1.54, 1.807) is 38.2 Å². The maximum absolute atomic E-state index is 12.7. The molecule has 0 unspecified atom stereocenters. The van der Waals surface area contributed by atoms with Crippen molar-refractivity contribution in [1.29, 1.82) is 0 Å². The Morgan fingerprint density at radius 3 is 2.44 bits per heavy atom. The number of hydrogen-bond donors (Lipinski definition) is 1. The Kier molecular flexibility index (Phi) is 5.08. The van der Waals surface area contributed by atoms with Gasteiger partial charge in [0.15, 0.2) is 0 Å². The van der Waals surface area contributed by atoms with E-state index in [9.17, 15) is 8.42 Å². The molecule has 0 saturated heterocycles. The summed E-state index contributed by atoms with van der Waals surface area (Å²) >= 11 is 7.37. The van der Waals surface area contributed by atoms with Crippen LogP contribution in [0.2, 0.25) is 5.02 Å². The molecule has 1 N–H and O–H groups in total. The summed E-state index contributed by atoms with van der Waals surface area (Å²) < 4.78 is 29.5. The van der Waals surface area contributed by atoms with Crippen molar-refractivity contribution in [3.63, 3.8) is 0 Å². The maximum atomic E-state index is 12.7. The van der Waals surface area contributed by atoms with Gasteiger partial charge >= 0.3 is 0 Å². The van der Waals surface area contributed by atoms with Crippen LogP contribution in [0.4, 0.5) is 5.69 Å². The molecule has 1 aromatic heterocycles. The van der Waals surface area contributed by atoms with Crippen LogP contribution >= 0.6 is 23.4 Å². The van der Waals surface area contributed by atoms with Gasteiger partial charge in [-0.15, -0.1) is 0 Å². The number of para-hydroxylation sites is 1. The van der Waals surface area contributed by atoms with Gasteiger partial charge in [-0.25, -0.2) is 8.42 Å². The minimum absolute atomic E-state index is 0.168. The fraction of sp³-hybridized carbons (Fsp3) is 0.118. The van der Waals surface area contributed by atoms with Gasteiger partial charge in [0.25, 0.3) is 10.0 Å². The summed E-state index contributed by atoms with van der Waals surface area (Å²) in [6, 6.07) is 14.7. The number of rotatable bonds is 5. The highest BCUT2D eigenvalue weighted by molar-refractivity contribution is 7.99. The van der Waals surface area contributed by atoms with Crippen molar-refractivity contribution in [1.82, 2.24) is 9.78 Å². The molecule has 3 aromatic rings. The average Bonchev–Trinajstić information content (AvgIpc) is 2.91. The van der Waals surface area contributed by atoms with Crippen LogP contribution < -0.4 is 4.72 Å². The number of hydrogen-bond acceptors (Lipinski definition) is 4. The molecule has 3 rings (SSSR count). The molecular formula is C17H16ClN3O2S2. The second-order valence-electron chi connectivity index (χ2n) is 5.41. The molecule has 5 nitrogen and oxygen atoms in total. The first-order chi connectivity index (χ1) is 11.8. The van der Waals surface area contributed by atoms with Crippen LogP contribution in [0.25, 0.3) is 0 Å². The Bertz CT molecular complexity index is 999. The molecule has 2 aromatic carbocycles. The van der Waals surface area contributed by atoms with Gasteiger partial charge in [0, 0.05) is 28.1 Å². The Balaban J connectivity index is 1.90. The van der Waals surface area contributed by atoms with Crippen molar-refractivity contribution in [3.05, 3.63) is 65.4 Å². The Morgan fingerprint density at radius 2 is 1.80 bits per heavy atom. The van der Waals surface area contributed by atoms with E-state index < -0.39 is 10.0 Å². The highest BCUT2D eigenvalue weighted by atomic mass is 35.5. The summed E-state index contributed by atoms with van der Waals surface area (Å²) in [7, 11) is -2.02. The van der Waals surface area contributed by atoms with Crippen LogP contribution in [-0.4, -0.2) is 18.2 Å². The van der Waals surface area contributed by atoms with E-state index in [1.807, 2.05) is 24.3 Å². The number of halogens is 1. The second kappa shape index (κ2) is 7.11. The van der Waals surface area contributed by atoms with E-state index >= 15 is 0 Å². The molecular weight excluding hydrogens is 378 g/mol. The number of nitrogens with zero attached hydrogens (tertiary/aromatic N) is 2. The van der Waals surface area contributed by atoms with Gasteiger partial charge in [-0.1, -0.05) is 35.5 Å². The zero-order valence-electron chi connectivity index (χ0n) is 13.6. The molecule has 0 radical (unpaired) electrons. The lowest BCUT2D eigenvalue weighted by molar-refractivity contribution is 0.600. The lowest BCUT2D eigenvalue weighted by Crippen LogP contribution is -2.14. The van der Waals surface area contributed by atoms with Gasteiger partial charge in [-0.05, 0) is 43.3 Å². The largest absolute Gasteiger partial charge is 0.278 e. The van der Waals surface area contributed by atoms with E-state index in [0.717, 1.165) is 9.79 Å². The molecule has 0 aliphatic heterocycles. The third kappa shape index (κ3) is 4.18. The van der Waals surface area contributed by atoms with Crippen molar-refractivity contribution in [2.24, 2.45) is 7.05 Å². The molecule has 0 spiro atoms. The monoisotopic (exact) mass is 393 g/mol. The van der Waals surface area contributed by atoms with Crippen LogP contribution in [-0.2, 0) is 17.1 Å². The molecule has 0 saturated carbocycles. The highest BCUT2D eigenvalue weighted by Crippen LogP contribution is 2.35. The van der Waals surface area contributed by atoms with Gasteiger partial charge < -0.3 is 0 Å². The number of benzene rings is 2. The third-order valence-corrected chi connectivity index (χ3v) is 6.24.